The van der Waals surface area contributed by atoms with E-state index in [9.17, 15) is 4.79 Å². The molecule has 3 rings (SSSR count). The molecule has 23 heavy (non-hydrogen) atoms. The van der Waals surface area contributed by atoms with E-state index in [4.69, 9.17) is 11.6 Å². The predicted molar refractivity (Wildman–Crippen MR) is 98.9 cm³/mol. The number of hydrogen-bond acceptors (Lipinski definition) is 2. The van der Waals surface area contributed by atoms with Crippen LogP contribution >= 0.6 is 23.4 Å². The van der Waals surface area contributed by atoms with Crippen molar-refractivity contribution in [3.8, 4) is 0 Å². The standard InChI is InChI=1S/C18H19ClN2OS/c1-3-13-11-21(16-9-4-5-10-17(16)23-13)18(22)20-15-8-6-7-14(19)12(15)2/h4-10,13H,3,11H2,1-2H3,(H,20,22)/t13-/m0/s1. The molecule has 2 amide bonds. The summed E-state index contributed by atoms with van der Waals surface area (Å²) in [5, 5.41) is 4.07. The fourth-order valence-corrected chi connectivity index (χ4v) is 4.01. The van der Waals surface area contributed by atoms with Gasteiger partial charge >= 0.3 is 6.03 Å². The maximum Gasteiger partial charge on any atom is 0.326 e. The van der Waals surface area contributed by atoms with Crippen LogP contribution in [0.5, 0.6) is 0 Å². The number of carbonyl (C=O) groups is 1. The van der Waals surface area contributed by atoms with Gasteiger partial charge in [0.15, 0.2) is 0 Å². The third-order valence-electron chi connectivity index (χ3n) is 4.05. The van der Waals surface area contributed by atoms with E-state index in [2.05, 4.69) is 18.3 Å². The van der Waals surface area contributed by atoms with Crippen LogP contribution in [0.4, 0.5) is 16.2 Å². The van der Waals surface area contributed by atoms with Gasteiger partial charge in [-0.3, -0.25) is 4.90 Å². The number of thioether (sulfide) groups is 1. The molecule has 2 aromatic carbocycles. The summed E-state index contributed by atoms with van der Waals surface area (Å²) in [7, 11) is 0. The van der Waals surface area contributed by atoms with Crippen molar-refractivity contribution in [3.63, 3.8) is 0 Å². The zero-order valence-electron chi connectivity index (χ0n) is 13.2. The van der Waals surface area contributed by atoms with Crippen LogP contribution in [0.2, 0.25) is 5.02 Å². The Labute approximate surface area is 146 Å². The average molecular weight is 347 g/mol. The number of amides is 2. The van der Waals surface area contributed by atoms with E-state index in [-0.39, 0.29) is 6.03 Å². The highest BCUT2D eigenvalue weighted by Gasteiger charge is 2.28. The second-order valence-electron chi connectivity index (χ2n) is 5.57. The molecule has 0 spiro atoms. The lowest BCUT2D eigenvalue weighted by Gasteiger charge is -2.33. The van der Waals surface area contributed by atoms with Gasteiger partial charge in [0, 0.05) is 27.4 Å². The van der Waals surface area contributed by atoms with Gasteiger partial charge in [0.1, 0.15) is 0 Å². The maximum atomic E-state index is 12.8. The van der Waals surface area contributed by atoms with Crippen LogP contribution in [0.15, 0.2) is 47.4 Å². The molecule has 1 aliphatic heterocycles. The summed E-state index contributed by atoms with van der Waals surface area (Å²) in [5.74, 6) is 0. The van der Waals surface area contributed by atoms with Crippen LogP contribution in [-0.2, 0) is 0 Å². The minimum Gasteiger partial charge on any atom is -0.307 e. The third kappa shape index (κ3) is 3.33. The lowest BCUT2D eigenvalue weighted by atomic mass is 10.2. The van der Waals surface area contributed by atoms with Crippen LogP contribution in [0, 0.1) is 6.92 Å². The Morgan fingerprint density at radius 2 is 2.09 bits per heavy atom. The number of carbonyl (C=O) groups excluding carboxylic acids is 1. The average Bonchev–Trinajstić information content (AvgIpc) is 2.57. The molecule has 2 aromatic rings. The van der Waals surface area contributed by atoms with Crippen molar-refractivity contribution in [1.82, 2.24) is 0 Å². The first-order chi connectivity index (χ1) is 11.1. The van der Waals surface area contributed by atoms with Crippen molar-refractivity contribution in [3.05, 3.63) is 53.1 Å². The highest BCUT2D eigenvalue weighted by atomic mass is 35.5. The van der Waals surface area contributed by atoms with E-state index in [0.717, 1.165) is 28.3 Å². The number of hydrogen-bond donors (Lipinski definition) is 1. The van der Waals surface area contributed by atoms with E-state index in [1.54, 1.807) is 0 Å². The molecule has 0 saturated carbocycles. The zero-order chi connectivity index (χ0) is 16.4. The molecule has 120 valence electrons. The number of nitrogens with zero attached hydrogens (tertiary/aromatic N) is 1. The molecule has 1 aliphatic rings. The Morgan fingerprint density at radius 3 is 2.87 bits per heavy atom. The summed E-state index contributed by atoms with van der Waals surface area (Å²) >= 11 is 7.99. The lowest BCUT2D eigenvalue weighted by molar-refractivity contribution is 0.256. The van der Waals surface area contributed by atoms with Crippen molar-refractivity contribution in [2.24, 2.45) is 0 Å². The van der Waals surface area contributed by atoms with Gasteiger partial charge in [-0.1, -0.05) is 36.7 Å². The number of nitrogens with one attached hydrogen (secondary N) is 1. The van der Waals surface area contributed by atoms with Crippen LogP contribution in [-0.4, -0.2) is 17.8 Å². The lowest BCUT2D eigenvalue weighted by Crippen LogP contribution is -2.42. The van der Waals surface area contributed by atoms with Gasteiger partial charge < -0.3 is 5.32 Å². The fourth-order valence-electron chi connectivity index (χ4n) is 2.63. The predicted octanol–water partition coefficient (Wildman–Crippen LogP) is 5.57. The molecule has 0 aliphatic carbocycles. The highest BCUT2D eigenvalue weighted by molar-refractivity contribution is 8.00. The van der Waals surface area contributed by atoms with Gasteiger partial charge in [-0.15, -0.1) is 11.8 Å². The summed E-state index contributed by atoms with van der Waals surface area (Å²) in [6, 6.07) is 13.5. The fraction of sp³-hybridized carbons (Fsp3) is 0.278. The topological polar surface area (TPSA) is 32.3 Å². The molecule has 0 radical (unpaired) electrons. The van der Waals surface area contributed by atoms with Gasteiger partial charge in [0.05, 0.1) is 5.69 Å². The molecule has 0 fully saturated rings. The first-order valence-corrected chi connectivity index (χ1v) is 8.95. The third-order valence-corrected chi connectivity index (χ3v) is 5.87. The van der Waals surface area contributed by atoms with E-state index in [1.807, 2.05) is 60.0 Å². The van der Waals surface area contributed by atoms with E-state index < -0.39 is 0 Å². The van der Waals surface area contributed by atoms with Crippen LogP contribution in [0.3, 0.4) is 0 Å². The van der Waals surface area contributed by atoms with Crippen molar-refractivity contribution in [2.75, 3.05) is 16.8 Å². The van der Waals surface area contributed by atoms with E-state index in [1.165, 1.54) is 0 Å². The second kappa shape index (κ2) is 6.85. The van der Waals surface area contributed by atoms with Crippen LogP contribution in [0.25, 0.3) is 0 Å². The first kappa shape index (κ1) is 16.2. The molecule has 0 saturated heterocycles. The monoisotopic (exact) mass is 346 g/mol. The molecule has 1 atom stereocenters. The highest BCUT2D eigenvalue weighted by Crippen LogP contribution is 2.39. The Balaban J connectivity index is 1.88. The van der Waals surface area contributed by atoms with E-state index >= 15 is 0 Å². The normalized spacial score (nSPS) is 16.8. The first-order valence-electron chi connectivity index (χ1n) is 7.69. The molecule has 3 nitrogen and oxygen atoms in total. The quantitative estimate of drug-likeness (QED) is 0.770. The molecule has 0 unspecified atom stereocenters. The minimum absolute atomic E-state index is 0.110. The molecule has 0 aromatic heterocycles. The summed E-state index contributed by atoms with van der Waals surface area (Å²) in [4.78, 5) is 15.8. The number of fused-ring (bicyclic) bond motifs is 1. The second-order valence-corrected chi connectivity index (χ2v) is 7.32. The van der Waals surface area contributed by atoms with Crippen molar-refractivity contribution < 1.29 is 4.79 Å². The van der Waals surface area contributed by atoms with Crippen molar-refractivity contribution in [1.29, 1.82) is 0 Å². The molecule has 1 N–H and O–H groups in total. The Kier molecular flexibility index (Phi) is 4.83. The number of urea groups is 1. The summed E-state index contributed by atoms with van der Waals surface area (Å²) in [6.07, 6.45) is 1.03. The minimum atomic E-state index is -0.110. The summed E-state index contributed by atoms with van der Waals surface area (Å²) < 4.78 is 0. The summed E-state index contributed by atoms with van der Waals surface area (Å²) in [6.45, 7) is 4.78. The Hall–Kier alpha value is -1.65. The molecule has 5 heteroatoms. The SMILES string of the molecule is CC[C@H]1CN(C(=O)Nc2cccc(Cl)c2C)c2ccccc2S1. The van der Waals surface area contributed by atoms with Crippen molar-refractivity contribution in [2.45, 2.75) is 30.4 Å². The number of rotatable bonds is 2. The molecular weight excluding hydrogens is 328 g/mol. The van der Waals surface area contributed by atoms with E-state index in [0.29, 0.717) is 16.8 Å². The Bertz CT molecular complexity index is 735. The van der Waals surface area contributed by atoms with Crippen LogP contribution in [0.1, 0.15) is 18.9 Å². The van der Waals surface area contributed by atoms with Gasteiger partial charge in [0.25, 0.3) is 0 Å². The number of benzene rings is 2. The van der Waals surface area contributed by atoms with Crippen LogP contribution < -0.4 is 10.2 Å². The smallest absolute Gasteiger partial charge is 0.307 e. The maximum absolute atomic E-state index is 12.8. The van der Waals surface area contributed by atoms with Gasteiger partial charge in [0.2, 0.25) is 0 Å². The van der Waals surface area contributed by atoms with Gasteiger partial charge in [-0.2, -0.15) is 0 Å². The van der Waals surface area contributed by atoms with Crippen molar-refractivity contribution >= 4 is 40.8 Å². The van der Waals surface area contributed by atoms with Gasteiger partial charge in [-0.05, 0) is 43.2 Å². The molecule has 1 heterocycles. The largest absolute Gasteiger partial charge is 0.326 e. The number of para-hydroxylation sites is 1. The zero-order valence-corrected chi connectivity index (χ0v) is 14.7. The molecule has 0 bridgehead atoms. The number of halogens is 1. The number of anilines is 2. The summed E-state index contributed by atoms with van der Waals surface area (Å²) in [5.41, 5.74) is 2.61. The van der Waals surface area contributed by atoms with Gasteiger partial charge in [-0.25, -0.2) is 4.79 Å². The molecular formula is C18H19ClN2OS. The Morgan fingerprint density at radius 1 is 1.30 bits per heavy atom.